The second-order valence-electron chi connectivity index (χ2n) is 2.61. The van der Waals surface area contributed by atoms with Crippen molar-refractivity contribution in [1.29, 1.82) is 0 Å². The van der Waals surface area contributed by atoms with Crippen molar-refractivity contribution in [3.05, 3.63) is 35.6 Å². The maximum absolute atomic E-state index is 13.0. The number of rotatable bonds is 3. The third kappa shape index (κ3) is 3.76. The van der Waals surface area contributed by atoms with E-state index in [-0.39, 0.29) is 6.61 Å². The minimum atomic E-state index is -0.662. The Kier molecular flexibility index (Phi) is 4.28. The molecule has 0 radical (unpaired) electrons. The zero-order chi connectivity index (χ0) is 11.1. The van der Waals surface area contributed by atoms with Gasteiger partial charge >= 0.3 is 6.09 Å². The van der Waals surface area contributed by atoms with Gasteiger partial charge in [0.1, 0.15) is 5.82 Å². The molecule has 0 aromatic heterocycles. The van der Waals surface area contributed by atoms with Gasteiger partial charge in [-0.2, -0.15) is 5.10 Å². The first-order chi connectivity index (χ1) is 7.24. The van der Waals surface area contributed by atoms with Crippen molar-refractivity contribution in [3.63, 3.8) is 0 Å². The first-order valence-corrected chi connectivity index (χ1v) is 4.44. The fraction of sp³-hybridized carbons (Fsp3) is 0.200. The molecular formula is C10H11FN2O2. The second kappa shape index (κ2) is 5.74. The van der Waals surface area contributed by atoms with E-state index in [1.807, 2.05) is 0 Å². The molecule has 1 rings (SSSR count). The number of nitrogens with one attached hydrogen (secondary N) is 1. The van der Waals surface area contributed by atoms with Crippen LogP contribution in [0.5, 0.6) is 0 Å². The van der Waals surface area contributed by atoms with Crippen LogP contribution in [0.3, 0.4) is 0 Å². The molecule has 1 amide bonds. The fourth-order valence-electron chi connectivity index (χ4n) is 0.898. The van der Waals surface area contributed by atoms with Crippen molar-refractivity contribution in [2.24, 2.45) is 5.10 Å². The van der Waals surface area contributed by atoms with Crippen LogP contribution in [0.2, 0.25) is 0 Å². The van der Waals surface area contributed by atoms with E-state index in [1.165, 1.54) is 12.3 Å². The number of hydrazone groups is 1. The zero-order valence-electron chi connectivity index (χ0n) is 8.24. The SMILES string of the molecule is CCOC(=O)N/N=C\c1ccccc1F. The van der Waals surface area contributed by atoms with Crippen molar-refractivity contribution < 1.29 is 13.9 Å². The minimum Gasteiger partial charge on any atom is -0.449 e. The normalized spacial score (nSPS) is 10.3. The van der Waals surface area contributed by atoms with E-state index in [9.17, 15) is 9.18 Å². The molecule has 0 heterocycles. The monoisotopic (exact) mass is 210 g/mol. The maximum Gasteiger partial charge on any atom is 0.427 e. The summed E-state index contributed by atoms with van der Waals surface area (Å²) in [5.41, 5.74) is 2.40. The van der Waals surface area contributed by atoms with E-state index in [2.05, 4.69) is 15.3 Å². The lowest BCUT2D eigenvalue weighted by Gasteiger charge is -1.98. The first kappa shape index (κ1) is 11.2. The summed E-state index contributed by atoms with van der Waals surface area (Å²) in [5, 5.41) is 3.53. The number of carbonyl (C=O) groups excluding carboxylic acids is 1. The van der Waals surface area contributed by atoms with Gasteiger partial charge in [-0.05, 0) is 13.0 Å². The van der Waals surface area contributed by atoms with Crippen molar-refractivity contribution in [3.8, 4) is 0 Å². The van der Waals surface area contributed by atoms with Crippen molar-refractivity contribution in [2.75, 3.05) is 6.61 Å². The Labute approximate surface area is 86.7 Å². The summed E-state index contributed by atoms with van der Waals surface area (Å²) in [6.07, 6.45) is 0.553. The number of nitrogens with zero attached hydrogens (tertiary/aromatic N) is 1. The average molecular weight is 210 g/mol. The first-order valence-electron chi connectivity index (χ1n) is 4.44. The summed E-state index contributed by atoms with van der Waals surface area (Å²) in [5.74, 6) is -0.396. The van der Waals surface area contributed by atoms with Crippen LogP contribution in [0.1, 0.15) is 12.5 Å². The topological polar surface area (TPSA) is 50.7 Å². The van der Waals surface area contributed by atoms with Gasteiger partial charge in [0, 0.05) is 5.56 Å². The molecule has 0 atom stereocenters. The van der Waals surface area contributed by atoms with Crippen LogP contribution in [-0.2, 0) is 4.74 Å². The molecule has 0 bridgehead atoms. The second-order valence-corrected chi connectivity index (χ2v) is 2.61. The van der Waals surface area contributed by atoms with Crippen LogP contribution < -0.4 is 5.43 Å². The van der Waals surface area contributed by atoms with Crippen LogP contribution in [-0.4, -0.2) is 18.9 Å². The molecule has 0 saturated heterocycles. The highest BCUT2D eigenvalue weighted by Crippen LogP contribution is 2.02. The highest BCUT2D eigenvalue weighted by atomic mass is 19.1. The lowest BCUT2D eigenvalue weighted by molar-refractivity contribution is 0.152. The predicted molar refractivity (Wildman–Crippen MR) is 54.2 cm³/mol. The molecule has 1 N–H and O–H groups in total. The van der Waals surface area contributed by atoms with Crippen molar-refractivity contribution in [2.45, 2.75) is 6.92 Å². The van der Waals surface area contributed by atoms with Gasteiger partial charge in [0.2, 0.25) is 0 Å². The van der Waals surface area contributed by atoms with Crippen LogP contribution in [0.25, 0.3) is 0 Å². The Morgan fingerprint density at radius 3 is 3.00 bits per heavy atom. The molecule has 0 spiro atoms. The van der Waals surface area contributed by atoms with E-state index in [0.29, 0.717) is 5.56 Å². The molecule has 1 aromatic rings. The predicted octanol–water partition coefficient (Wildman–Crippen LogP) is 1.91. The summed E-state index contributed by atoms with van der Waals surface area (Å²) in [6, 6.07) is 6.11. The number of carbonyl (C=O) groups is 1. The van der Waals surface area contributed by atoms with E-state index < -0.39 is 11.9 Å². The average Bonchev–Trinajstić information content (AvgIpc) is 2.21. The number of benzene rings is 1. The Hall–Kier alpha value is -1.91. The minimum absolute atomic E-state index is 0.265. The largest absolute Gasteiger partial charge is 0.449 e. The molecule has 0 fully saturated rings. The van der Waals surface area contributed by atoms with Gasteiger partial charge in [0.25, 0.3) is 0 Å². The van der Waals surface area contributed by atoms with Crippen LogP contribution in [0.4, 0.5) is 9.18 Å². The maximum atomic E-state index is 13.0. The van der Waals surface area contributed by atoms with Crippen LogP contribution in [0.15, 0.2) is 29.4 Å². The molecule has 0 unspecified atom stereocenters. The van der Waals surface area contributed by atoms with Gasteiger partial charge in [-0.3, -0.25) is 0 Å². The smallest absolute Gasteiger partial charge is 0.427 e. The number of ether oxygens (including phenoxy) is 1. The standard InChI is InChI=1S/C10H11FN2O2/c1-2-15-10(14)13-12-7-8-5-3-4-6-9(8)11/h3-7H,2H2,1H3,(H,13,14)/b12-7-. The summed E-state index contributed by atoms with van der Waals surface area (Å²) < 4.78 is 17.6. The zero-order valence-corrected chi connectivity index (χ0v) is 8.24. The Bertz CT molecular complexity index is 366. The third-order valence-corrected chi connectivity index (χ3v) is 1.54. The number of halogens is 1. The van der Waals surface area contributed by atoms with Crippen molar-refractivity contribution in [1.82, 2.24) is 5.43 Å². The number of hydrogen-bond acceptors (Lipinski definition) is 3. The Morgan fingerprint density at radius 2 is 2.33 bits per heavy atom. The molecular weight excluding hydrogens is 199 g/mol. The van der Waals surface area contributed by atoms with Crippen LogP contribution in [0, 0.1) is 5.82 Å². The van der Waals surface area contributed by atoms with Gasteiger partial charge in [0.15, 0.2) is 0 Å². The number of hydrogen-bond donors (Lipinski definition) is 1. The molecule has 0 saturated carbocycles. The van der Waals surface area contributed by atoms with Crippen LogP contribution >= 0.6 is 0 Å². The molecule has 0 aliphatic rings. The lowest BCUT2D eigenvalue weighted by atomic mass is 10.2. The van der Waals surface area contributed by atoms with E-state index in [0.717, 1.165) is 0 Å². The highest BCUT2D eigenvalue weighted by molar-refractivity contribution is 5.81. The summed E-state index contributed by atoms with van der Waals surface area (Å²) in [6.45, 7) is 1.95. The molecule has 15 heavy (non-hydrogen) atoms. The molecule has 4 nitrogen and oxygen atoms in total. The third-order valence-electron chi connectivity index (χ3n) is 1.54. The Morgan fingerprint density at radius 1 is 1.60 bits per heavy atom. The fourth-order valence-corrected chi connectivity index (χ4v) is 0.898. The highest BCUT2D eigenvalue weighted by Gasteiger charge is 1.98. The van der Waals surface area contributed by atoms with Gasteiger partial charge in [-0.15, -0.1) is 0 Å². The van der Waals surface area contributed by atoms with Gasteiger partial charge in [-0.25, -0.2) is 14.6 Å². The molecule has 0 aliphatic carbocycles. The van der Waals surface area contributed by atoms with Gasteiger partial charge in [-0.1, -0.05) is 18.2 Å². The molecule has 0 aliphatic heterocycles. The van der Waals surface area contributed by atoms with Gasteiger partial charge in [0.05, 0.1) is 12.8 Å². The summed E-state index contributed by atoms with van der Waals surface area (Å²) in [7, 11) is 0. The molecule has 1 aromatic carbocycles. The summed E-state index contributed by atoms with van der Waals surface area (Å²) >= 11 is 0. The summed E-state index contributed by atoms with van der Waals surface area (Å²) in [4.78, 5) is 10.8. The molecule has 80 valence electrons. The molecule has 5 heteroatoms. The quantitative estimate of drug-likeness (QED) is 0.612. The van der Waals surface area contributed by atoms with E-state index in [4.69, 9.17) is 0 Å². The van der Waals surface area contributed by atoms with E-state index >= 15 is 0 Å². The Balaban J connectivity index is 2.52. The lowest BCUT2D eigenvalue weighted by Crippen LogP contribution is -2.18. The van der Waals surface area contributed by atoms with E-state index in [1.54, 1.807) is 25.1 Å². The number of amides is 1. The van der Waals surface area contributed by atoms with Gasteiger partial charge < -0.3 is 4.74 Å². The van der Waals surface area contributed by atoms with Crippen molar-refractivity contribution >= 4 is 12.3 Å².